The number of hydrogen-bond donors (Lipinski definition) is 2. The number of aromatic hydroxyl groups is 1. The Bertz CT molecular complexity index is 871. The van der Waals surface area contributed by atoms with Crippen molar-refractivity contribution in [1.82, 2.24) is 20.0 Å². The molecule has 0 amide bonds. The molecule has 2 heterocycles. The van der Waals surface area contributed by atoms with Gasteiger partial charge in [0.15, 0.2) is 5.75 Å². The van der Waals surface area contributed by atoms with Gasteiger partial charge in [0.25, 0.3) is 5.56 Å². The highest BCUT2D eigenvalue weighted by Gasteiger charge is 2.16. The van der Waals surface area contributed by atoms with Crippen LogP contribution < -0.4 is 5.56 Å². The fourth-order valence-corrected chi connectivity index (χ4v) is 3.08. The lowest BCUT2D eigenvalue weighted by Crippen LogP contribution is -2.18. The van der Waals surface area contributed by atoms with Crippen molar-refractivity contribution < 1.29 is 5.11 Å². The van der Waals surface area contributed by atoms with Crippen molar-refractivity contribution in [3.63, 3.8) is 0 Å². The van der Waals surface area contributed by atoms with E-state index in [0.717, 1.165) is 25.0 Å². The molecule has 1 unspecified atom stereocenters. The topological polar surface area (TPSA) is 83.8 Å². The summed E-state index contributed by atoms with van der Waals surface area (Å²) in [6.45, 7) is 2.67. The molecule has 0 aliphatic carbocycles. The predicted octanol–water partition coefficient (Wildman–Crippen LogP) is 2.98. The number of pyridine rings is 1. The minimum absolute atomic E-state index is 0.180. The lowest BCUT2D eigenvalue weighted by atomic mass is 9.90. The summed E-state index contributed by atoms with van der Waals surface area (Å²) >= 11 is 0. The van der Waals surface area contributed by atoms with Crippen molar-refractivity contribution in [2.75, 3.05) is 0 Å². The molecule has 1 aromatic carbocycles. The smallest absolute Gasteiger partial charge is 0.292 e. The highest BCUT2D eigenvalue weighted by atomic mass is 16.3. The molecule has 0 radical (unpaired) electrons. The summed E-state index contributed by atoms with van der Waals surface area (Å²) in [4.78, 5) is 11.8. The molecule has 6 nitrogen and oxygen atoms in total. The molecule has 0 spiro atoms. The summed E-state index contributed by atoms with van der Waals surface area (Å²) in [5, 5.41) is 20.3. The second kappa shape index (κ2) is 7.79. The summed E-state index contributed by atoms with van der Waals surface area (Å²) < 4.78 is 1.55. The van der Waals surface area contributed by atoms with E-state index in [-0.39, 0.29) is 17.2 Å². The molecule has 0 saturated carbocycles. The Balaban J connectivity index is 1.66. The van der Waals surface area contributed by atoms with E-state index in [1.54, 1.807) is 16.8 Å². The summed E-state index contributed by atoms with van der Waals surface area (Å²) in [5.41, 5.74) is 3.04. The van der Waals surface area contributed by atoms with Gasteiger partial charge in [0, 0.05) is 24.9 Å². The predicted molar refractivity (Wildman–Crippen MR) is 95.6 cm³/mol. The molecule has 130 valence electrons. The molecule has 3 aromatic rings. The van der Waals surface area contributed by atoms with Crippen LogP contribution in [-0.4, -0.2) is 25.1 Å². The summed E-state index contributed by atoms with van der Waals surface area (Å²) in [6, 6.07) is 11.5. The van der Waals surface area contributed by atoms with Crippen molar-refractivity contribution in [2.24, 2.45) is 0 Å². The maximum atomic E-state index is 11.8. The first-order valence-electron chi connectivity index (χ1n) is 8.46. The van der Waals surface area contributed by atoms with Gasteiger partial charge < -0.3 is 9.67 Å². The molecule has 0 fully saturated rings. The van der Waals surface area contributed by atoms with Crippen LogP contribution >= 0.6 is 0 Å². The number of aromatic amines is 1. The van der Waals surface area contributed by atoms with Crippen LogP contribution in [0.1, 0.15) is 42.0 Å². The van der Waals surface area contributed by atoms with Crippen molar-refractivity contribution in [3.8, 4) is 5.75 Å². The Kier molecular flexibility index (Phi) is 5.28. The van der Waals surface area contributed by atoms with Gasteiger partial charge in [0.1, 0.15) is 0 Å². The van der Waals surface area contributed by atoms with Gasteiger partial charge in [-0.3, -0.25) is 9.89 Å². The van der Waals surface area contributed by atoms with Crippen molar-refractivity contribution >= 4 is 0 Å². The standard InChI is InChI=1S/C19H22N4O2/c1-14-6-4-7-15(12-14)16(17-13-20-22-21-17)8-2-3-10-23-11-5-9-18(24)19(23)25/h4-7,9,11-13,16,24H,2-3,8,10H2,1H3,(H,20,21,22). The number of aryl methyl sites for hydroxylation is 2. The maximum absolute atomic E-state index is 11.8. The molecule has 0 aliphatic heterocycles. The number of hydrogen-bond acceptors (Lipinski definition) is 4. The van der Waals surface area contributed by atoms with Gasteiger partial charge in [-0.15, -0.1) is 5.10 Å². The highest BCUT2D eigenvalue weighted by molar-refractivity contribution is 5.30. The van der Waals surface area contributed by atoms with Gasteiger partial charge in [-0.1, -0.05) is 41.5 Å². The molecule has 3 rings (SSSR count). The summed E-state index contributed by atoms with van der Waals surface area (Å²) in [6.07, 6.45) is 6.26. The van der Waals surface area contributed by atoms with E-state index in [9.17, 15) is 9.90 Å². The molecule has 0 bridgehead atoms. The zero-order valence-electron chi connectivity index (χ0n) is 14.2. The van der Waals surface area contributed by atoms with Gasteiger partial charge in [-0.05, 0) is 37.5 Å². The Morgan fingerprint density at radius 1 is 1.24 bits per heavy atom. The molecule has 1 atom stereocenters. The molecule has 0 aliphatic rings. The zero-order chi connectivity index (χ0) is 17.6. The first-order valence-corrected chi connectivity index (χ1v) is 8.46. The van der Waals surface area contributed by atoms with E-state index in [0.29, 0.717) is 6.54 Å². The fourth-order valence-electron chi connectivity index (χ4n) is 3.08. The van der Waals surface area contributed by atoms with Crippen LogP contribution in [0, 0.1) is 6.92 Å². The van der Waals surface area contributed by atoms with Crippen LogP contribution in [0.25, 0.3) is 0 Å². The van der Waals surface area contributed by atoms with Crippen LogP contribution in [0.2, 0.25) is 0 Å². The first-order chi connectivity index (χ1) is 12.1. The maximum Gasteiger partial charge on any atom is 0.292 e. The Hall–Kier alpha value is -2.89. The second-order valence-electron chi connectivity index (χ2n) is 6.25. The average molecular weight is 338 g/mol. The van der Waals surface area contributed by atoms with Gasteiger partial charge in [-0.25, -0.2) is 0 Å². The van der Waals surface area contributed by atoms with Gasteiger partial charge in [-0.2, -0.15) is 0 Å². The Labute approximate surface area is 146 Å². The number of H-pyrrole nitrogens is 1. The Morgan fingerprint density at radius 2 is 2.12 bits per heavy atom. The molecule has 0 saturated heterocycles. The number of nitrogens with one attached hydrogen (secondary N) is 1. The largest absolute Gasteiger partial charge is 0.503 e. The lowest BCUT2D eigenvalue weighted by Gasteiger charge is -2.15. The summed E-state index contributed by atoms with van der Waals surface area (Å²) in [7, 11) is 0. The van der Waals surface area contributed by atoms with Gasteiger partial charge in [0.2, 0.25) is 0 Å². The third-order valence-corrected chi connectivity index (χ3v) is 4.38. The molecule has 2 N–H and O–H groups in total. The first kappa shape index (κ1) is 17.0. The molecule has 2 aromatic heterocycles. The van der Waals surface area contributed by atoms with Gasteiger partial charge in [0.05, 0.1) is 5.69 Å². The van der Waals surface area contributed by atoms with E-state index in [4.69, 9.17) is 0 Å². The van der Waals surface area contributed by atoms with Crippen molar-refractivity contribution in [1.29, 1.82) is 0 Å². The molecular weight excluding hydrogens is 316 g/mol. The number of rotatable bonds is 7. The van der Waals surface area contributed by atoms with Crippen molar-refractivity contribution in [2.45, 2.75) is 38.6 Å². The molecule has 6 heteroatoms. The normalized spacial score (nSPS) is 12.2. The van der Waals surface area contributed by atoms with E-state index < -0.39 is 0 Å². The SMILES string of the molecule is Cc1cccc(C(CCCCn2cccc(O)c2=O)c2c[nH]nn2)c1. The van der Waals surface area contributed by atoms with E-state index in [1.165, 1.54) is 17.2 Å². The third-order valence-electron chi connectivity index (χ3n) is 4.38. The fraction of sp³-hybridized carbons (Fsp3) is 0.316. The summed E-state index contributed by atoms with van der Waals surface area (Å²) in [5.74, 6) is -0.0257. The van der Waals surface area contributed by atoms with Crippen LogP contribution in [0.4, 0.5) is 0 Å². The third kappa shape index (κ3) is 4.15. The Morgan fingerprint density at radius 3 is 2.88 bits per heavy atom. The quantitative estimate of drug-likeness (QED) is 0.649. The zero-order valence-corrected chi connectivity index (χ0v) is 14.2. The van der Waals surface area contributed by atoms with Gasteiger partial charge >= 0.3 is 0 Å². The van der Waals surface area contributed by atoms with Crippen molar-refractivity contribution in [3.05, 3.63) is 76.0 Å². The second-order valence-corrected chi connectivity index (χ2v) is 6.25. The lowest BCUT2D eigenvalue weighted by molar-refractivity contribution is 0.452. The van der Waals surface area contributed by atoms with Crippen LogP contribution in [-0.2, 0) is 6.54 Å². The van der Waals surface area contributed by atoms with Crippen LogP contribution in [0.15, 0.2) is 53.6 Å². The minimum Gasteiger partial charge on any atom is -0.503 e. The average Bonchev–Trinajstić information content (AvgIpc) is 3.12. The van der Waals surface area contributed by atoms with Crippen LogP contribution in [0.3, 0.4) is 0 Å². The number of benzene rings is 1. The van der Waals surface area contributed by atoms with E-state index in [1.807, 2.05) is 6.20 Å². The number of unbranched alkanes of at least 4 members (excludes halogenated alkanes) is 1. The number of nitrogens with zero attached hydrogens (tertiary/aromatic N) is 3. The van der Waals surface area contributed by atoms with Crippen LogP contribution in [0.5, 0.6) is 5.75 Å². The molecular formula is C19H22N4O2. The number of aromatic nitrogens is 4. The van der Waals surface area contributed by atoms with E-state index in [2.05, 4.69) is 46.6 Å². The minimum atomic E-state index is -0.339. The highest BCUT2D eigenvalue weighted by Crippen LogP contribution is 2.28. The monoisotopic (exact) mass is 338 g/mol. The van der Waals surface area contributed by atoms with E-state index >= 15 is 0 Å². The molecule has 25 heavy (non-hydrogen) atoms.